The van der Waals surface area contributed by atoms with E-state index in [2.05, 4.69) is 10.5 Å². The molecule has 3 aromatic rings. The van der Waals surface area contributed by atoms with Crippen LogP contribution in [0, 0.1) is 0 Å². The Morgan fingerprint density at radius 3 is 2.74 bits per heavy atom. The fourth-order valence-electron chi connectivity index (χ4n) is 2.13. The number of fused-ring (bicyclic) bond motifs is 1. The van der Waals surface area contributed by atoms with Gasteiger partial charge in [0.25, 0.3) is 0 Å². The molecule has 0 aliphatic heterocycles. The lowest BCUT2D eigenvalue weighted by atomic mass is 10.2. The zero-order valence-electron chi connectivity index (χ0n) is 12.7. The van der Waals surface area contributed by atoms with E-state index < -0.39 is 0 Å². The topological polar surface area (TPSA) is 63.8 Å². The van der Waals surface area contributed by atoms with E-state index in [9.17, 15) is 4.79 Å². The summed E-state index contributed by atoms with van der Waals surface area (Å²) in [4.78, 5) is 12.0. The smallest absolute Gasteiger partial charge is 0.307 e. The summed E-state index contributed by atoms with van der Waals surface area (Å²) in [5.74, 6) is 0.648. The highest BCUT2D eigenvalue weighted by Crippen LogP contribution is 2.18. The zero-order chi connectivity index (χ0) is 16.1. The van der Waals surface area contributed by atoms with Crippen LogP contribution < -0.4 is 10.2 Å². The maximum Gasteiger partial charge on any atom is 0.307 e. The number of hydrazone groups is 1. The van der Waals surface area contributed by atoms with Gasteiger partial charge in [0.1, 0.15) is 11.3 Å². The van der Waals surface area contributed by atoms with E-state index in [1.54, 1.807) is 12.3 Å². The third kappa shape index (κ3) is 3.58. The zero-order valence-corrected chi connectivity index (χ0v) is 12.7. The number of ether oxygens (including phenoxy) is 1. The molecule has 0 aliphatic rings. The summed E-state index contributed by atoms with van der Waals surface area (Å²) in [6.07, 6.45) is 1.57. The summed E-state index contributed by atoms with van der Waals surface area (Å²) in [5.41, 5.74) is 3.99. The molecule has 0 bridgehead atoms. The molecular formula is C18H16N2O3. The molecule has 1 aromatic heterocycles. The van der Waals surface area contributed by atoms with Crippen LogP contribution >= 0.6 is 0 Å². The molecule has 1 N–H and O–H groups in total. The SMILES string of the molecule is CCOc1ccc(/C=N/NC(=O)c2cc3ccccc3o2)cc1. The van der Waals surface area contributed by atoms with Gasteiger partial charge in [-0.2, -0.15) is 5.10 Å². The second-order valence-corrected chi connectivity index (χ2v) is 4.85. The second kappa shape index (κ2) is 6.79. The van der Waals surface area contributed by atoms with Crippen LogP contribution in [-0.2, 0) is 0 Å². The van der Waals surface area contributed by atoms with Crippen molar-refractivity contribution in [1.82, 2.24) is 5.43 Å². The Morgan fingerprint density at radius 2 is 2.00 bits per heavy atom. The fourth-order valence-corrected chi connectivity index (χ4v) is 2.13. The lowest BCUT2D eigenvalue weighted by molar-refractivity contribution is 0.0929. The highest BCUT2D eigenvalue weighted by atomic mass is 16.5. The molecule has 5 heteroatoms. The van der Waals surface area contributed by atoms with Gasteiger partial charge < -0.3 is 9.15 Å². The third-order valence-electron chi connectivity index (χ3n) is 3.22. The summed E-state index contributed by atoms with van der Waals surface area (Å²) in [7, 11) is 0. The van der Waals surface area contributed by atoms with Gasteiger partial charge in [-0.1, -0.05) is 18.2 Å². The van der Waals surface area contributed by atoms with Gasteiger partial charge in [0.15, 0.2) is 5.76 Å². The van der Waals surface area contributed by atoms with E-state index in [1.165, 1.54) is 0 Å². The molecule has 0 saturated heterocycles. The molecule has 116 valence electrons. The molecule has 5 nitrogen and oxygen atoms in total. The van der Waals surface area contributed by atoms with E-state index in [0.29, 0.717) is 12.2 Å². The summed E-state index contributed by atoms with van der Waals surface area (Å²) in [6, 6.07) is 16.6. The van der Waals surface area contributed by atoms with Crippen molar-refractivity contribution in [2.24, 2.45) is 5.10 Å². The number of amides is 1. The normalized spacial score (nSPS) is 11.0. The highest BCUT2D eigenvalue weighted by Gasteiger charge is 2.10. The Labute approximate surface area is 133 Å². The van der Waals surface area contributed by atoms with Crippen molar-refractivity contribution in [2.75, 3.05) is 6.61 Å². The number of nitrogens with zero attached hydrogens (tertiary/aromatic N) is 1. The first-order valence-corrected chi connectivity index (χ1v) is 7.31. The number of hydrogen-bond acceptors (Lipinski definition) is 4. The van der Waals surface area contributed by atoms with Crippen LogP contribution in [0.2, 0.25) is 0 Å². The number of furan rings is 1. The van der Waals surface area contributed by atoms with Gasteiger partial charge in [-0.15, -0.1) is 0 Å². The van der Waals surface area contributed by atoms with Gasteiger partial charge in [-0.3, -0.25) is 4.79 Å². The minimum Gasteiger partial charge on any atom is -0.494 e. The van der Waals surface area contributed by atoms with Crippen molar-refractivity contribution < 1.29 is 13.9 Å². The molecule has 0 fully saturated rings. The maximum atomic E-state index is 12.0. The Balaban J connectivity index is 1.63. The van der Waals surface area contributed by atoms with Crippen LogP contribution in [-0.4, -0.2) is 18.7 Å². The van der Waals surface area contributed by atoms with Crippen molar-refractivity contribution in [2.45, 2.75) is 6.92 Å². The average Bonchev–Trinajstić information content (AvgIpc) is 3.01. The van der Waals surface area contributed by atoms with E-state index in [-0.39, 0.29) is 11.7 Å². The maximum absolute atomic E-state index is 12.0. The summed E-state index contributed by atoms with van der Waals surface area (Å²) in [5, 5.41) is 4.82. The lowest BCUT2D eigenvalue weighted by Crippen LogP contribution is -2.16. The van der Waals surface area contributed by atoms with Gasteiger partial charge >= 0.3 is 5.91 Å². The van der Waals surface area contributed by atoms with Crippen molar-refractivity contribution in [3.8, 4) is 5.75 Å². The Bertz CT molecular complexity index is 802. The first-order chi connectivity index (χ1) is 11.3. The average molecular weight is 308 g/mol. The molecule has 0 radical (unpaired) electrons. The number of rotatable bonds is 5. The van der Waals surface area contributed by atoms with Crippen LogP contribution in [0.1, 0.15) is 23.0 Å². The van der Waals surface area contributed by atoms with E-state index in [0.717, 1.165) is 16.7 Å². The molecule has 0 spiro atoms. The third-order valence-corrected chi connectivity index (χ3v) is 3.22. The van der Waals surface area contributed by atoms with Crippen molar-refractivity contribution in [3.05, 3.63) is 65.9 Å². The van der Waals surface area contributed by atoms with Crippen LogP contribution in [0.5, 0.6) is 5.75 Å². The van der Waals surface area contributed by atoms with Gasteiger partial charge in [0.2, 0.25) is 0 Å². The van der Waals surface area contributed by atoms with Gasteiger partial charge in [0.05, 0.1) is 12.8 Å². The number of carbonyl (C=O) groups is 1. The largest absolute Gasteiger partial charge is 0.494 e. The van der Waals surface area contributed by atoms with E-state index in [4.69, 9.17) is 9.15 Å². The molecule has 3 rings (SSSR count). The molecule has 0 unspecified atom stereocenters. The predicted molar refractivity (Wildman–Crippen MR) is 88.9 cm³/mol. The number of carbonyl (C=O) groups excluding carboxylic acids is 1. The minimum atomic E-state index is -0.386. The molecule has 2 aromatic carbocycles. The van der Waals surface area contributed by atoms with Crippen LogP contribution in [0.15, 0.2) is 64.1 Å². The number of para-hydroxylation sites is 1. The summed E-state index contributed by atoms with van der Waals surface area (Å²) < 4.78 is 10.8. The standard InChI is InChI=1S/C18H16N2O3/c1-2-22-15-9-7-13(8-10-15)12-19-20-18(21)17-11-14-5-3-4-6-16(14)23-17/h3-12H,2H2,1H3,(H,20,21)/b19-12+. The summed E-state index contributed by atoms with van der Waals surface area (Å²) >= 11 is 0. The number of hydrogen-bond donors (Lipinski definition) is 1. The molecule has 23 heavy (non-hydrogen) atoms. The van der Waals surface area contributed by atoms with Crippen molar-refractivity contribution in [3.63, 3.8) is 0 Å². The van der Waals surface area contributed by atoms with Crippen LogP contribution in [0.3, 0.4) is 0 Å². The lowest BCUT2D eigenvalue weighted by Gasteiger charge is -2.02. The summed E-state index contributed by atoms with van der Waals surface area (Å²) in [6.45, 7) is 2.56. The minimum absolute atomic E-state index is 0.232. The van der Waals surface area contributed by atoms with Crippen molar-refractivity contribution >= 4 is 23.1 Å². The van der Waals surface area contributed by atoms with Gasteiger partial charge in [-0.05, 0) is 48.9 Å². The Hall–Kier alpha value is -3.08. The predicted octanol–water partition coefficient (Wildman–Crippen LogP) is 3.60. The van der Waals surface area contributed by atoms with E-state index >= 15 is 0 Å². The Kier molecular flexibility index (Phi) is 4.38. The first kappa shape index (κ1) is 14.8. The van der Waals surface area contributed by atoms with Crippen molar-refractivity contribution in [1.29, 1.82) is 0 Å². The molecule has 1 amide bonds. The fraction of sp³-hybridized carbons (Fsp3) is 0.111. The molecular weight excluding hydrogens is 292 g/mol. The number of benzene rings is 2. The number of nitrogens with one attached hydrogen (secondary N) is 1. The van der Waals surface area contributed by atoms with Crippen LogP contribution in [0.4, 0.5) is 0 Å². The van der Waals surface area contributed by atoms with E-state index in [1.807, 2.05) is 55.5 Å². The quantitative estimate of drug-likeness (QED) is 0.578. The first-order valence-electron chi connectivity index (χ1n) is 7.31. The monoisotopic (exact) mass is 308 g/mol. The molecule has 0 saturated carbocycles. The van der Waals surface area contributed by atoms with Gasteiger partial charge in [-0.25, -0.2) is 5.43 Å². The van der Waals surface area contributed by atoms with Crippen LogP contribution in [0.25, 0.3) is 11.0 Å². The Morgan fingerprint density at radius 1 is 1.22 bits per heavy atom. The second-order valence-electron chi connectivity index (χ2n) is 4.85. The van der Waals surface area contributed by atoms with Gasteiger partial charge in [0, 0.05) is 5.39 Å². The highest BCUT2D eigenvalue weighted by molar-refractivity contribution is 5.96. The molecule has 0 atom stereocenters. The molecule has 0 aliphatic carbocycles. The molecule has 1 heterocycles.